The molecule has 5 heteroatoms. The summed E-state index contributed by atoms with van der Waals surface area (Å²) in [4.78, 5) is 0. The van der Waals surface area contributed by atoms with Crippen LogP contribution in [0.4, 0.5) is 5.82 Å². The number of nitrogen functional groups attached to an aromatic ring is 1. The average Bonchev–Trinajstić information content (AvgIpc) is 2.89. The number of benzene rings is 1. The Morgan fingerprint density at radius 3 is 2.63 bits per heavy atom. The van der Waals surface area contributed by atoms with E-state index in [9.17, 15) is 0 Å². The largest absolute Gasteiger partial charge is 0.448 e. The van der Waals surface area contributed by atoms with E-state index in [1.165, 1.54) is 0 Å². The third-order valence-electron chi connectivity index (χ3n) is 3.86. The van der Waals surface area contributed by atoms with Crippen LogP contribution in [0.1, 0.15) is 19.3 Å². The molecule has 4 rings (SSSR count). The number of hydrogen-bond acceptors (Lipinski definition) is 4. The van der Waals surface area contributed by atoms with Gasteiger partial charge in [0.1, 0.15) is 5.82 Å². The lowest BCUT2D eigenvalue weighted by Crippen LogP contribution is -2.45. The fourth-order valence-corrected chi connectivity index (χ4v) is 2.55. The highest BCUT2D eigenvalue weighted by Gasteiger charge is 2.47. The van der Waals surface area contributed by atoms with Crippen LogP contribution in [0.5, 0.6) is 11.5 Å². The summed E-state index contributed by atoms with van der Waals surface area (Å²) in [6.07, 6.45) is 3.10. The van der Waals surface area contributed by atoms with Gasteiger partial charge in [-0.25, -0.2) is 0 Å². The highest BCUT2D eigenvalue weighted by atomic mass is 16.7. The Labute approximate surface area is 110 Å². The second-order valence-electron chi connectivity index (χ2n) is 5.21. The van der Waals surface area contributed by atoms with E-state index in [4.69, 9.17) is 15.2 Å². The van der Waals surface area contributed by atoms with Crippen molar-refractivity contribution in [1.29, 1.82) is 0 Å². The lowest BCUT2D eigenvalue weighted by Gasteiger charge is -2.35. The molecule has 2 aromatic rings. The number of ether oxygens (including phenoxy) is 2. The van der Waals surface area contributed by atoms with Gasteiger partial charge in [0, 0.05) is 31.5 Å². The first-order valence-electron chi connectivity index (χ1n) is 6.47. The van der Waals surface area contributed by atoms with E-state index in [0.717, 1.165) is 42.0 Å². The van der Waals surface area contributed by atoms with Gasteiger partial charge in [0.2, 0.25) is 0 Å². The fraction of sp³-hybridized carbons (Fsp3) is 0.357. The summed E-state index contributed by atoms with van der Waals surface area (Å²) < 4.78 is 13.5. The molecule has 1 aromatic heterocycles. The highest BCUT2D eigenvalue weighted by Crippen LogP contribution is 2.49. The van der Waals surface area contributed by atoms with E-state index in [2.05, 4.69) is 5.10 Å². The van der Waals surface area contributed by atoms with Crippen LogP contribution in [0.3, 0.4) is 0 Å². The topological polar surface area (TPSA) is 62.3 Å². The predicted molar refractivity (Wildman–Crippen MR) is 70.9 cm³/mol. The lowest BCUT2D eigenvalue weighted by atomic mass is 9.91. The van der Waals surface area contributed by atoms with E-state index in [-0.39, 0.29) is 5.79 Å². The zero-order valence-corrected chi connectivity index (χ0v) is 10.7. The number of anilines is 1. The Hall–Kier alpha value is -2.17. The van der Waals surface area contributed by atoms with Crippen molar-refractivity contribution in [1.82, 2.24) is 9.78 Å². The summed E-state index contributed by atoms with van der Waals surface area (Å²) in [5.74, 6) is 1.89. The molecule has 2 N–H and O–H groups in total. The molecule has 1 fully saturated rings. The zero-order chi connectivity index (χ0) is 13.0. The maximum atomic E-state index is 5.94. The molecule has 1 spiro atoms. The molecule has 0 bridgehead atoms. The molecule has 0 atom stereocenters. The summed E-state index contributed by atoms with van der Waals surface area (Å²) in [6, 6.07) is 7.77. The van der Waals surface area contributed by atoms with Gasteiger partial charge in [-0.3, -0.25) is 4.68 Å². The molecule has 2 aliphatic rings. The Balaban J connectivity index is 1.71. The minimum atomic E-state index is -0.385. The summed E-state index contributed by atoms with van der Waals surface area (Å²) in [5, 5.41) is 4.37. The van der Waals surface area contributed by atoms with Crippen molar-refractivity contribution in [3.05, 3.63) is 24.3 Å². The maximum Gasteiger partial charge on any atom is 0.251 e. The molecule has 1 saturated carbocycles. The van der Waals surface area contributed by atoms with Gasteiger partial charge in [0.25, 0.3) is 5.79 Å². The van der Waals surface area contributed by atoms with Gasteiger partial charge >= 0.3 is 0 Å². The van der Waals surface area contributed by atoms with Crippen molar-refractivity contribution in [3.8, 4) is 22.8 Å². The molecule has 2 heterocycles. The van der Waals surface area contributed by atoms with Crippen LogP contribution >= 0.6 is 0 Å². The van der Waals surface area contributed by atoms with Crippen molar-refractivity contribution in [3.63, 3.8) is 0 Å². The van der Waals surface area contributed by atoms with Gasteiger partial charge in [0.05, 0.1) is 5.69 Å². The third-order valence-corrected chi connectivity index (χ3v) is 3.86. The van der Waals surface area contributed by atoms with Crippen molar-refractivity contribution in [2.24, 2.45) is 7.05 Å². The lowest BCUT2D eigenvalue weighted by molar-refractivity contribution is -0.138. The van der Waals surface area contributed by atoms with E-state index in [1.54, 1.807) is 4.68 Å². The summed E-state index contributed by atoms with van der Waals surface area (Å²) in [5.41, 5.74) is 7.65. The van der Waals surface area contributed by atoms with Crippen LogP contribution in [0.15, 0.2) is 24.3 Å². The number of aromatic nitrogens is 2. The van der Waals surface area contributed by atoms with Gasteiger partial charge in [-0.15, -0.1) is 0 Å². The molecule has 0 unspecified atom stereocenters. The first-order valence-corrected chi connectivity index (χ1v) is 6.47. The third kappa shape index (κ3) is 1.51. The quantitative estimate of drug-likeness (QED) is 0.851. The van der Waals surface area contributed by atoms with Gasteiger partial charge in [-0.2, -0.15) is 5.10 Å². The van der Waals surface area contributed by atoms with Crippen molar-refractivity contribution >= 4 is 5.82 Å². The first-order chi connectivity index (χ1) is 9.15. The van der Waals surface area contributed by atoms with E-state index in [1.807, 2.05) is 31.3 Å². The van der Waals surface area contributed by atoms with Crippen molar-refractivity contribution in [2.75, 3.05) is 5.73 Å². The van der Waals surface area contributed by atoms with Crippen LogP contribution in [0.2, 0.25) is 0 Å². The molecule has 5 nitrogen and oxygen atoms in total. The van der Waals surface area contributed by atoms with E-state index < -0.39 is 0 Å². The second kappa shape index (κ2) is 3.44. The highest BCUT2D eigenvalue weighted by molar-refractivity contribution is 5.66. The smallest absolute Gasteiger partial charge is 0.251 e. The van der Waals surface area contributed by atoms with Gasteiger partial charge in [-0.1, -0.05) is 0 Å². The number of aryl methyl sites for hydroxylation is 1. The van der Waals surface area contributed by atoms with Crippen LogP contribution in [0, 0.1) is 0 Å². The molecular weight excluding hydrogens is 242 g/mol. The first kappa shape index (κ1) is 10.7. The van der Waals surface area contributed by atoms with Crippen LogP contribution < -0.4 is 15.2 Å². The van der Waals surface area contributed by atoms with Gasteiger partial charge in [-0.05, 0) is 24.6 Å². The zero-order valence-electron chi connectivity index (χ0n) is 10.7. The number of rotatable bonds is 1. The second-order valence-corrected chi connectivity index (χ2v) is 5.21. The molecule has 1 aliphatic carbocycles. The fourth-order valence-electron chi connectivity index (χ4n) is 2.55. The predicted octanol–water partition coefficient (Wildman–Crippen LogP) is 2.32. The molecule has 0 amide bonds. The van der Waals surface area contributed by atoms with Crippen LogP contribution in [-0.2, 0) is 7.05 Å². The molecule has 19 heavy (non-hydrogen) atoms. The normalized spacial score (nSPS) is 18.6. The van der Waals surface area contributed by atoms with Crippen molar-refractivity contribution in [2.45, 2.75) is 25.0 Å². The maximum absolute atomic E-state index is 5.94. The Morgan fingerprint density at radius 2 is 2.00 bits per heavy atom. The Kier molecular flexibility index (Phi) is 1.94. The SMILES string of the molecule is Cn1nc(-c2ccc3c(c2)OC2(CCC2)O3)cc1N. The molecule has 98 valence electrons. The number of hydrogen-bond donors (Lipinski definition) is 1. The molecule has 0 radical (unpaired) electrons. The number of nitrogens with two attached hydrogens (primary N) is 1. The number of fused-ring (bicyclic) bond motifs is 1. The van der Waals surface area contributed by atoms with Crippen LogP contribution in [0.25, 0.3) is 11.3 Å². The van der Waals surface area contributed by atoms with Crippen LogP contribution in [-0.4, -0.2) is 15.6 Å². The van der Waals surface area contributed by atoms with Crippen molar-refractivity contribution < 1.29 is 9.47 Å². The Bertz CT molecular complexity index is 639. The average molecular weight is 257 g/mol. The molecular formula is C14H15N3O2. The number of nitrogens with zero attached hydrogens (tertiary/aromatic N) is 2. The molecule has 1 aromatic carbocycles. The monoisotopic (exact) mass is 257 g/mol. The standard InChI is InChI=1S/C14H15N3O2/c1-17-13(15)8-10(16-17)9-3-4-11-12(7-9)19-14(18-11)5-2-6-14/h3-4,7-8H,2,5-6,15H2,1H3. The Morgan fingerprint density at radius 1 is 1.21 bits per heavy atom. The van der Waals surface area contributed by atoms with Gasteiger partial charge in [0.15, 0.2) is 11.5 Å². The van der Waals surface area contributed by atoms with E-state index >= 15 is 0 Å². The minimum absolute atomic E-state index is 0.385. The minimum Gasteiger partial charge on any atom is -0.448 e. The van der Waals surface area contributed by atoms with E-state index in [0.29, 0.717) is 5.82 Å². The van der Waals surface area contributed by atoms with Gasteiger partial charge < -0.3 is 15.2 Å². The summed E-state index contributed by atoms with van der Waals surface area (Å²) in [6.45, 7) is 0. The molecule has 1 aliphatic heterocycles. The summed E-state index contributed by atoms with van der Waals surface area (Å²) >= 11 is 0. The summed E-state index contributed by atoms with van der Waals surface area (Å²) in [7, 11) is 1.83. The molecule has 0 saturated heterocycles.